The lowest BCUT2D eigenvalue weighted by molar-refractivity contribution is 0.0951. The van der Waals surface area contributed by atoms with Crippen molar-refractivity contribution in [2.24, 2.45) is 0 Å². The summed E-state index contributed by atoms with van der Waals surface area (Å²) in [5, 5.41) is 6.53. The van der Waals surface area contributed by atoms with Crippen molar-refractivity contribution in [3.8, 4) is 0 Å². The average Bonchev–Trinajstić information content (AvgIpc) is 2.93. The second-order valence-corrected chi connectivity index (χ2v) is 8.73. The molecule has 0 radical (unpaired) electrons. The molecule has 1 aromatic heterocycles. The summed E-state index contributed by atoms with van der Waals surface area (Å²) in [4.78, 5) is 12.5. The van der Waals surface area contributed by atoms with Crippen LogP contribution in [0.1, 0.15) is 41.0 Å². The minimum atomic E-state index is -3.44. The first kappa shape index (κ1) is 20.3. The number of hydrogen-bond donors (Lipinski definition) is 3. The minimum Gasteiger partial charge on any atom is -0.378 e. The van der Waals surface area contributed by atoms with E-state index in [2.05, 4.69) is 19.7 Å². The van der Waals surface area contributed by atoms with E-state index < -0.39 is 10.0 Å². The van der Waals surface area contributed by atoms with Gasteiger partial charge in [-0.05, 0) is 43.4 Å². The molecular weight excluding hydrogens is 372 g/mol. The Morgan fingerprint density at radius 3 is 2.50 bits per heavy atom. The Balaban J connectivity index is 2.13. The van der Waals surface area contributed by atoms with E-state index in [0.717, 1.165) is 5.56 Å². The lowest BCUT2D eigenvalue weighted by Crippen LogP contribution is -2.32. The van der Waals surface area contributed by atoms with Crippen molar-refractivity contribution in [2.75, 3.05) is 12.4 Å². The number of rotatable bonds is 8. The summed E-state index contributed by atoms with van der Waals surface area (Å²) in [7, 11) is -1.69. The maximum atomic E-state index is 12.5. The number of aryl methyl sites for hydroxylation is 1. The first-order valence-corrected chi connectivity index (χ1v) is 10.6. The second-order valence-electron chi connectivity index (χ2n) is 6.21. The highest BCUT2D eigenvalue weighted by molar-refractivity contribution is 7.88. The molecule has 0 aliphatic heterocycles. The molecule has 0 aliphatic rings. The van der Waals surface area contributed by atoms with Gasteiger partial charge in [0.15, 0.2) is 0 Å². The fourth-order valence-corrected chi connectivity index (χ4v) is 4.78. The minimum absolute atomic E-state index is 0.127. The van der Waals surface area contributed by atoms with Gasteiger partial charge in [-0.1, -0.05) is 24.3 Å². The van der Waals surface area contributed by atoms with Crippen LogP contribution in [0.2, 0.25) is 0 Å². The van der Waals surface area contributed by atoms with E-state index in [9.17, 15) is 13.2 Å². The lowest BCUT2D eigenvalue weighted by atomic mass is 10.1. The van der Waals surface area contributed by atoms with Gasteiger partial charge in [0.2, 0.25) is 10.0 Å². The van der Waals surface area contributed by atoms with Gasteiger partial charge in [-0.3, -0.25) is 4.79 Å². The fourth-order valence-electron chi connectivity index (χ4n) is 2.55. The number of carbonyl (C=O) groups excluding carboxylic acids is 1. The molecule has 26 heavy (non-hydrogen) atoms. The van der Waals surface area contributed by atoms with Gasteiger partial charge < -0.3 is 10.6 Å². The maximum absolute atomic E-state index is 12.5. The first-order chi connectivity index (χ1) is 12.2. The molecular formula is C17H24N4O3S2. The Morgan fingerprint density at radius 1 is 1.23 bits per heavy atom. The largest absolute Gasteiger partial charge is 0.378 e. The Labute approximate surface area is 158 Å². The van der Waals surface area contributed by atoms with Crippen molar-refractivity contribution in [2.45, 2.75) is 39.1 Å². The monoisotopic (exact) mass is 396 g/mol. The van der Waals surface area contributed by atoms with Crippen LogP contribution in [-0.4, -0.2) is 31.8 Å². The average molecular weight is 397 g/mol. The van der Waals surface area contributed by atoms with Crippen LogP contribution in [0.5, 0.6) is 0 Å². The molecule has 1 aromatic carbocycles. The summed E-state index contributed by atoms with van der Waals surface area (Å²) in [5.74, 6) is -0.364. The highest BCUT2D eigenvalue weighted by Gasteiger charge is 2.19. The number of hydrogen-bond acceptors (Lipinski definition) is 6. The molecule has 1 heterocycles. The summed E-state index contributed by atoms with van der Waals surface area (Å²) in [6.07, 6.45) is 0. The SMILES string of the molecule is CNc1snc(C)c1C(=O)NCc1ccccc1CS(=O)(=O)NC(C)C. The first-order valence-electron chi connectivity index (χ1n) is 8.22. The van der Waals surface area contributed by atoms with Gasteiger partial charge in [-0.2, -0.15) is 4.37 Å². The van der Waals surface area contributed by atoms with Crippen LogP contribution in [0.15, 0.2) is 24.3 Å². The second kappa shape index (κ2) is 8.61. The normalized spacial score (nSPS) is 11.6. The molecule has 0 bridgehead atoms. The van der Waals surface area contributed by atoms with E-state index in [1.165, 1.54) is 11.5 Å². The molecule has 0 saturated heterocycles. The summed E-state index contributed by atoms with van der Waals surface area (Å²) >= 11 is 1.23. The van der Waals surface area contributed by atoms with Crippen LogP contribution < -0.4 is 15.4 Å². The zero-order chi connectivity index (χ0) is 19.3. The number of nitrogens with zero attached hydrogens (tertiary/aromatic N) is 1. The van der Waals surface area contributed by atoms with E-state index in [4.69, 9.17) is 0 Å². The van der Waals surface area contributed by atoms with Crippen molar-refractivity contribution in [3.63, 3.8) is 0 Å². The Kier molecular flexibility index (Phi) is 6.74. The number of aromatic nitrogens is 1. The number of benzene rings is 1. The molecule has 0 atom stereocenters. The number of anilines is 1. The van der Waals surface area contributed by atoms with Crippen molar-refractivity contribution < 1.29 is 13.2 Å². The molecule has 0 fully saturated rings. The standard InChI is InChI=1S/C17H24N4O3S2/c1-11(2)21-26(23,24)10-14-8-6-5-7-13(14)9-19-16(22)15-12(3)20-25-17(15)18-4/h5-8,11,18,21H,9-10H2,1-4H3,(H,19,22). The van der Waals surface area contributed by atoms with E-state index in [1.54, 1.807) is 40.0 Å². The summed E-state index contributed by atoms with van der Waals surface area (Å²) < 4.78 is 31.2. The number of amides is 1. The van der Waals surface area contributed by atoms with Crippen LogP contribution in [-0.2, 0) is 22.3 Å². The quantitative estimate of drug-likeness (QED) is 0.635. The Morgan fingerprint density at radius 2 is 1.88 bits per heavy atom. The van der Waals surface area contributed by atoms with E-state index in [1.807, 2.05) is 12.1 Å². The van der Waals surface area contributed by atoms with Gasteiger partial charge >= 0.3 is 0 Å². The number of carbonyl (C=O) groups is 1. The van der Waals surface area contributed by atoms with Gasteiger partial charge in [0, 0.05) is 19.6 Å². The molecule has 2 rings (SSSR count). The highest BCUT2D eigenvalue weighted by Crippen LogP contribution is 2.23. The van der Waals surface area contributed by atoms with Crippen molar-refractivity contribution in [3.05, 3.63) is 46.6 Å². The van der Waals surface area contributed by atoms with Crippen LogP contribution in [0.4, 0.5) is 5.00 Å². The zero-order valence-corrected chi connectivity index (χ0v) is 16.9. The van der Waals surface area contributed by atoms with Crippen molar-refractivity contribution in [1.29, 1.82) is 0 Å². The smallest absolute Gasteiger partial charge is 0.256 e. The van der Waals surface area contributed by atoms with Gasteiger partial charge in [-0.25, -0.2) is 13.1 Å². The van der Waals surface area contributed by atoms with Gasteiger partial charge in [-0.15, -0.1) is 0 Å². The van der Waals surface area contributed by atoms with E-state index >= 15 is 0 Å². The predicted molar refractivity (Wildman–Crippen MR) is 105 cm³/mol. The summed E-state index contributed by atoms with van der Waals surface area (Å²) in [6, 6.07) is 7.03. The van der Waals surface area contributed by atoms with Crippen molar-refractivity contribution >= 4 is 32.5 Å². The third kappa shape index (κ3) is 5.26. The molecule has 142 valence electrons. The van der Waals surface area contributed by atoms with E-state index in [0.29, 0.717) is 21.8 Å². The van der Waals surface area contributed by atoms with Gasteiger partial charge in [0.1, 0.15) is 5.00 Å². The van der Waals surface area contributed by atoms with Crippen LogP contribution in [0.3, 0.4) is 0 Å². The molecule has 0 spiro atoms. The molecule has 9 heteroatoms. The maximum Gasteiger partial charge on any atom is 0.256 e. The molecule has 0 aliphatic carbocycles. The number of nitrogens with one attached hydrogen (secondary N) is 3. The van der Waals surface area contributed by atoms with E-state index in [-0.39, 0.29) is 24.2 Å². The summed E-state index contributed by atoms with van der Waals surface area (Å²) in [6.45, 7) is 5.58. The molecule has 2 aromatic rings. The predicted octanol–water partition coefficient (Wildman–Crippen LogP) is 2.25. The molecule has 3 N–H and O–H groups in total. The molecule has 0 saturated carbocycles. The third-order valence-electron chi connectivity index (χ3n) is 3.64. The Bertz CT molecular complexity index is 876. The highest BCUT2D eigenvalue weighted by atomic mass is 32.2. The fraction of sp³-hybridized carbons (Fsp3) is 0.412. The van der Waals surface area contributed by atoms with Gasteiger partial charge in [0.25, 0.3) is 5.91 Å². The van der Waals surface area contributed by atoms with Crippen LogP contribution in [0, 0.1) is 6.92 Å². The zero-order valence-electron chi connectivity index (χ0n) is 15.3. The molecule has 0 unspecified atom stereocenters. The molecule has 7 nitrogen and oxygen atoms in total. The van der Waals surface area contributed by atoms with Gasteiger partial charge in [0.05, 0.1) is 17.0 Å². The third-order valence-corrected chi connectivity index (χ3v) is 6.11. The van der Waals surface area contributed by atoms with Crippen LogP contribution >= 0.6 is 11.5 Å². The lowest BCUT2D eigenvalue weighted by Gasteiger charge is -2.13. The topological polar surface area (TPSA) is 100 Å². The summed E-state index contributed by atoms with van der Waals surface area (Å²) in [5.41, 5.74) is 2.61. The molecule has 1 amide bonds. The Hall–Kier alpha value is -1.97. The van der Waals surface area contributed by atoms with Crippen molar-refractivity contribution in [1.82, 2.24) is 14.4 Å². The number of sulfonamides is 1. The van der Waals surface area contributed by atoms with Crippen LogP contribution in [0.25, 0.3) is 0 Å².